The molecule has 0 saturated heterocycles. The Hall–Kier alpha value is -3.10. The summed E-state index contributed by atoms with van der Waals surface area (Å²) < 4.78 is 29.5. The number of nitrogens with one attached hydrogen (secondary N) is 1. The Morgan fingerprint density at radius 2 is 2.18 bits per heavy atom. The first-order chi connectivity index (χ1) is 13.4. The highest BCUT2D eigenvalue weighted by Crippen LogP contribution is 2.36. The lowest BCUT2D eigenvalue weighted by molar-refractivity contribution is -0.117. The number of halogens is 2. The third kappa shape index (κ3) is 3.06. The number of carbonyl (C=O) groups excluding carboxylic acids is 1. The van der Waals surface area contributed by atoms with Gasteiger partial charge in [-0.25, -0.2) is 19.3 Å². The Balaban J connectivity index is 1.79. The van der Waals surface area contributed by atoms with E-state index in [-0.39, 0.29) is 12.2 Å². The predicted molar refractivity (Wildman–Crippen MR) is 102 cm³/mol. The minimum Gasteiger partial charge on any atom is -0.334 e. The van der Waals surface area contributed by atoms with Crippen molar-refractivity contribution in [2.45, 2.75) is 25.9 Å². The summed E-state index contributed by atoms with van der Waals surface area (Å²) in [6.07, 6.45) is 2.76. The molecule has 0 bridgehead atoms. The van der Waals surface area contributed by atoms with E-state index in [9.17, 15) is 13.6 Å². The summed E-state index contributed by atoms with van der Waals surface area (Å²) in [6, 6.07) is 3.52. The highest BCUT2D eigenvalue weighted by Gasteiger charge is 2.44. The molecule has 1 N–H and O–H groups in total. The van der Waals surface area contributed by atoms with Gasteiger partial charge in [-0.05, 0) is 24.5 Å². The molecule has 3 aromatic rings. The van der Waals surface area contributed by atoms with Crippen molar-refractivity contribution < 1.29 is 13.6 Å². The molecule has 0 aliphatic heterocycles. The lowest BCUT2D eigenvalue weighted by Crippen LogP contribution is -2.19. The van der Waals surface area contributed by atoms with Crippen molar-refractivity contribution >= 4 is 34.3 Å². The SMILES string of the molecule is CCc1ccnc(F)c1N(C)c1cc2c(ncn2C)c(NC(=O)[C@H]2C[C@H]2F)n1. The van der Waals surface area contributed by atoms with Crippen LogP contribution in [0.5, 0.6) is 0 Å². The van der Waals surface area contributed by atoms with Crippen molar-refractivity contribution in [1.82, 2.24) is 19.5 Å². The topological polar surface area (TPSA) is 75.9 Å². The van der Waals surface area contributed by atoms with Crippen molar-refractivity contribution in [3.8, 4) is 0 Å². The lowest BCUT2D eigenvalue weighted by atomic mass is 10.1. The summed E-state index contributed by atoms with van der Waals surface area (Å²) in [7, 11) is 3.50. The van der Waals surface area contributed by atoms with E-state index < -0.39 is 23.9 Å². The quantitative estimate of drug-likeness (QED) is 0.682. The van der Waals surface area contributed by atoms with E-state index in [0.717, 1.165) is 5.56 Å². The summed E-state index contributed by atoms with van der Waals surface area (Å²) in [6.45, 7) is 1.93. The monoisotopic (exact) mass is 386 g/mol. The summed E-state index contributed by atoms with van der Waals surface area (Å²) in [5, 5.41) is 2.68. The minimum absolute atomic E-state index is 0.220. The fourth-order valence-electron chi connectivity index (χ4n) is 3.24. The molecule has 1 amide bonds. The van der Waals surface area contributed by atoms with Crippen LogP contribution in [0.25, 0.3) is 11.0 Å². The van der Waals surface area contributed by atoms with Gasteiger partial charge in [0.1, 0.15) is 23.2 Å². The number of hydrogen-bond acceptors (Lipinski definition) is 5. The van der Waals surface area contributed by atoms with Crippen molar-refractivity contribution in [3.05, 3.63) is 36.2 Å². The first-order valence-electron chi connectivity index (χ1n) is 9.04. The second kappa shape index (κ2) is 6.81. The molecule has 1 saturated carbocycles. The van der Waals surface area contributed by atoms with E-state index in [1.165, 1.54) is 6.20 Å². The maximum absolute atomic E-state index is 14.5. The van der Waals surface area contributed by atoms with E-state index in [1.54, 1.807) is 35.0 Å². The van der Waals surface area contributed by atoms with Gasteiger partial charge in [0, 0.05) is 26.4 Å². The van der Waals surface area contributed by atoms with E-state index >= 15 is 0 Å². The van der Waals surface area contributed by atoms with E-state index in [4.69, 9.17) is 0 Å². The molecule has 4 rings (SSSR count). The fourth-order valence-corrected chi connectivity index (χ4v) is 3.24. The van der Waals surface area contributed by atoms with E-state index in [0.29, 0.717) is 29.0 Å². The number of anilines is 3. The Morgan fingerprint density at radius 3 is 2.86 bits per heavy atom. The van der Waals surface area contributed by atoms with Gasteiger partial charge in [-0.2, -0.15) is 4.39 Å². The van der Waals surface area contributed by atoms with Crippen LogP contribution in [0.4, 0.5) is 26.1 Å². The zero-order valence-electron chi connectivity index (χ0n) is 15.8. The largest absolute Gasteiger partial charge is 0.334 e. The Bertz CT molecular complexity index is 1070. The van der Waals surface area contributed by atoms with Gasteiger partial charge in [0.25, 0.3) is 0 Å². The number of hydrogen-bond donors (Lipinski definition) is 1. The number of pyridine rings is 2. The number of alkyl halides is 1. The molecule has 0 spiro atoms. The highest BCUT2D eigenvalue weighted by molar-refractivity contribution is 6.01. The van der Waals surface area contributed by atoms with Crippen LogP contribution >= 0.6 is 0 Å². The van der Waals surface area contributed by atoms with Crippen molar-refractivity contribution in [3.63, 3.8) is 0 Å². The van der Waals surface area contributed by atoms with E-state index in [2.05, 4.69) is 20.3 Å². The predicted octanol–water partition coefficient (Wildman–Crippen LogP) is 3.13. The molecule has 0 unspecified atom stereocenters. The van der Waals surface area contributed by atoms with Gasteiger partial charge in [0.05, 0.1) is 17.8 Å². The molecule has 3 aromatic heterocycles. The summed E-state index contributed by atoms with van der Waals surface area (Å²) in [4.78, 5) is 26.3. The number of fused-ring (bicyclic) bond motifs is 1. The number of aromatic nitrogens is 4. The van der Waals surface area contributed by atoms with Crippen molar-refractivity contribution in [2.75, 3.05) is 17.3 Å². The first-order valence-corrected chi connectivity index (χ1v) is 9.04. The lowest BCUT2D eigenvalue weighted by Gasteiger charge is -2.22. The first kappa shape index (κ1) is 18.3. The summed E-state index contributed by atoms with van der Waals surface area (Å²) in [5.41, 5.74) is 2.31. The maximum Gasteiger partial charge on any atom is 0.237 e. The zero-order valence-corrected chi connectivity index (χ0v) is 15.8. The van der Waals surface area contributed by atoms with Gasteiger partial charge in [-0.3, -0.25) is 4.79 Å². The number of imidazole rings is 1. The maximum atomic E-state index is 14.5. The van der Waals surface area contributed by atoms with Gasteiger partial charge in [0.15, 0.2) is 5.82 Å². The molecule has 146 valence electrons. The second-order valence-electron chi connectivity index (χ2n) is 6.92. The van der Waals surface area contributed by atoms with Crippen LogP contribution in [0.15, 0.2) is 24.7 Å². The Labute approximate surface area is 160 Å². The molecule has 0 radical (unpaired) electrons. The average Bonchev–Trinajstić information content (AvgIpc) is 3.30. The molecule has 28 heavy (non-hydrogen) atoms. The standard InChI is InChI=1S/C19H20F2N6O/c1-4-10-5-6-22-17(21)16(10)27(3)14-8-13-15(23-9-26(13)2)18(24-14)25-19(28)11-7-12(11)20/h5-6,8-9,11-12H,4,7H2,1-3H3,(H,24,25,28)/t11-,12+/m0/s1. The molecule has 2 atom stereocenters. The van der Waals surface area contributed by atoms with E-state index in [1.807, 2.05) is 14.0 Å². The molecular weight excluding hydrogens is 366 g/mol. The molecular formula is C19H20F2N6O. The number of nitrogens with zero attached hydrogens (tertiary/aromatic N) is 5. The van der Waals surface area contributed by atoms with Crippen LogP contribution in [0.1, 0.15) is 18.9 Å². The van der Waals surface area contributed by atoms with Crippen LogP contribution in [0.2, 0.25) is 0 Å². The number of carbonyl (C=O) groups is 1. The number of rotatable bonds is 5. The molecule has 9 heteroatoms. The molecule has 1 fully saturated rings. The zero-order chi connectivity index (χ0) is 20.0. The second-order valence-corrected chi connectivity index (χ2v) is 6.92. The Morgan fingerprint density at radius 1 is 1.43 bits per heavy atom. The van der Waals surface area contributed by atoms with Gasteiger partial charge >= 0.3 is 0 Å². The van der Waals surface area contributed by atoms with Crippen LogP contribution in [0.3, 0.4) is 0 Å². The minimum atomic E-state index is -1.11. The van der Waals surface area contributed by atoms with Crippen LogP contribution < -0.4 is 10.2 Å². The molecule has 1 aliphatic carbocycles. The normalized spacial score (nSPS) is 18.3. The molecule has 7 nitrogen and oxygen atoms in total. The summed E-state index contributed by atoms with van der Waals surface area (Å²) >= 11 is 0. The number of aryl methyl sites for hydroxylation is 2. The van der Waals surface area contributed by atoms with Gasteiger partial charge in [0.2, 0.25) is 11.9 Å². The Kier molecular flexibility index (Phi) is 4.44. The molecule has 1 aliphatic rings. The van der Waals surface area contributed by atoms with Gasteiger partial charge in [-0.15, -0.1) is 0 Å². The summed E-state index contributed by atoms with van der Waals surface area (Å²) in [5.74, 6) is -1.03. The number of amides is 1. The van der Waals surface area contributed by atoms with Crippen molar-refractivity contribution in [2.24, 2.45) is 13.0 Å². The third-order valence-electron chi connectivity index (χ3n) is 5.01. The van der Waals surface area contributed by atoms with Crippen LogP contribution in [-0.2, 0) is 18.3 Å². The fraction of sp³-hybridized carbons (Fsp3) is 0.368. The van der Waals surface area contributed by atoms with Crippen LogP contribution in [0, 0.1) is 11.9 Å². The van der Waals surface area contributed by atoms with Gasteiger partial charge < -0.3 is 14.8 Å². The third-order valence-corrected chi connectivity index (χ3v) is 5.01. The van der Waals surface area contributed by atoms with Crippen molar-refractivity contribution in [1.29, 1.82) is 0 Å². The average molecular weight is 386 g/mol. The smallest absolute Gasteiger partial charge is 0.237 e. The molecule has 3 heterocycles. The molecule has 0 aromatic carbocycles. The highest BCUT2D eigenvalue weighted by atomic mass is 19.1. The van der Waals surface area contributed by atoms with Gasteiger partial charge in [-0.1, -0.05) is 6.92 Å². The van der Waals surface area contributed by atoms with Crippen LogP contribution in [-0.4, -0.2) is 38.6 Å².